The summed E-state index contributed by atoms with van der Waals surface area (Å²) >= 11 is 0. The zero-order valence-corrected chi connectivity index (χ0v) is 10.6. The number of likely N-dealkylation sites (tertiary alicyclic amines) is 1. The largest absolute Gasteiger partial charge is 0.386 e. The minimum atomic E-state index is -0.824. The molecule has 1 saturated heterocycles. The highest BCUT2D eigenvalue weighted by Gasteiger charge is 2.53. The highest BCUT2D eigenvalue weighted by molar-refractivity contribution is 5.95. The van der Waals surface area contributed by atoms with Gasteiger partial charge in [-0.3, -0.25) is 14.9 Å². The number of non-ortho nitro benzene ring substituents is 1. The van der Waals surface area contributed by atoms with Crippen molar-refractivity contribution >= 4 is 11.6 Å². The average Bonchev–Trinajstić information content (AvgIpc) is 3.17. The van der Waals surface area contributed by atoms with E-state index in [1.807, 2.05) is 0 Å². The smallest absolute Gasteiger partial charge is 0.273 e. The summed E-state index contributed by atoms with van der Waals surface area (Å²) in [6.07, 6.45) is 1.92. The van der Waals surface area contributed by atoms with Crippen molar-refractivity contribution in [2.24, 2.45) is 5.92 Å². The first-order chi connectivity index (χ1) is 9.39. The van der Waals surface area contributed by atoms with E-state index in [1.165, 1.54) is 4.90 Å². The number of nitro groups is 1. The molecule has 1 aliphatic carbocycles. The Kier molecular flexibility index (Phi) is 2.75. The first-order valence-electron chi connectivity index (χ1n) is 6.36. The number of nitro benzene ring substituents is 1. The summed E-state index contributed by atoms with van der Waals surface area (Å²) in [7, 11) is 0. The molecule has 2 aliphatic rings. The second-order valence-corrected chi connectivity index (χ2v) is 5.49. The molecule has 1 N–H and O–H groups in total. The number of carbonyl (C=O) groups is 1. The average molecular weight is 280 g/mol. The highest BCUT2D eigenvalue weighted by Crippen LogP contribution is 2.44. The number of rotatable bonds is 3. The van der Waals surface area contributed by atoms with E-state index in [-0.39, 0.29) is 24.6 Å². The lowest BCUT2D eigenvalue weighted by Crippen LogP contribution is -2.64. The predicted molar refractivity (Wildman–Crippen MR) is 66.6 cm³/mol. The van der Waals surface area contributed by atoms with Crippen LogP contribution in [0.25, 0.3) is 0 Å². The van der Waals surface area contributed by atoms with Gasteiger partial charge in [0.2, 0.25) is 0 Å². The Morgan fingerprint density at radius 2 is 2.05 bits per heavy atom. The Bertz CT molecular complexity index is 594. The van der Waals surface area contributed by atoms with Crippen molar-refractivity contribution in [1.29, 1.82) is 0 Å². The number of aliphatic hydroxyl groups is 1. The number of amides is 1. The molecule has 1 aliphatic heterocycles. The maximum absolute atomic E-state index is 13.3. The van der Waals surface area contributed by atoms with Crippen molar-refractivity contribution in [3.05, 3.63) is 39.7 Å². The standard InChI is InChI=1S/C13H13FN2O4/c14-10-3-8(4-11(5-10)16(19)20)12(17)15-6-13(18,7-15)9-1-2-9/h3-5,9,18H,1-2,6-7H2. The Morgan fingerprint density at radius 3 is 2.60 bits per heavy atom. The molecular weight excluding hydrogens is 267 g/mol. The lowest BCUT2D eigenvalue weighted by Gasteiger charge is -2.47. The van der Waals surface area contributed by atoms with Gasteiger partial charge in [0.1, 0.15) is 11.4 Å². The first-order valence-corrected chi connectivity index (χ1v) is 6.36. The molecule has 0 bridgehead atoms. The topological polar surface area (TPSA) is 83.7 Å². The molecule has 0 unspecified atom stereocenters. The van der Waals surface area contributed by atoms with Crippen LogP contribution >= 0.6 is 0 Å². The molecule has 2 fully saturated rings. The molecule has 0 spiro atoms. The summed E-state index contributed by atoms with van der Waals surface area (Å²) in [6, 6.07) is 2.80. The molecule has 1 saturated carbocycles. The number of hydrogen-bond acceptors (Lipinski definition) is 4. The summed E-state index contributed by atoms with van der Waals surface area (Å²) in [4.78, 5) is 23.4. The molecule has 1 aromatic rings. The maximum atomic E-state index is 13.3. The second kappa shape index (κ2) is 4.24. The van der Waals surface area contributed by atoms with E-state index in [0.29, 0.717) is 0 Å². The van der Waals surface area contributed by atoms with E-state index in [1.54, 1.807) is 0 Å². The van der Waals surface area contributed by atoms with Crippen LogP contribution in [0.15, 0.2) is 18.2 Å². The van der Waals surface area contributed by atoms with Gasteiger partial charge in [-0.2, -0.15) is 0 Å². The summed E-state index contributed by atoms with van der Waals surface area (Å²) < 4.78 is 13.3. The molecule has 6 nitrogen and oxygen atoms in total. The van der Waals surface area contributed by atoms with Crippen LogP contribution in [0, 0.1) is 21.8 Å². The van der Waals surface area contributed by atoms with Gasteiger partial charge < -0.3 is 10.0 Å². The first kappa shape index (κ1) is 13.0. The van der Waals surface area contributed by atoms with Gasteiger partial charge in [0.05, 0.1) is 24.1 Å². The molecule has 1 aromatic carbocycles. The number of nitrogens with zero attached hydrogens (tertiary/aromatic N) is 2. The van der Waals surface area contributed by atoms with E-state index in [2.05, 4.69) is 0 Å². The summed E-state index contributed by atoms with van der Waals surface area (Å²) in [5.74, 6) is -1.06. The minimum absolute atomic E-state index is 0.0606. The number of halogens is 1. The van der Waals surface area contributed by atoms with Crippen molar-refractivity contribution in [3.63, 3.8) is 0 Å². The number of hydrogen-bond donors (Lipinski definition) is 1. The van der Waals surface area contributed by atoms with E-state index in [0.717, 1.165) is 31.0 Å². The quantitative estimate of drug-likeness (QED) is 0.668. The van der Waals surface area contributed by atoms with Crippen LogP contribution in [-0.2, 0) is 0 Å². The van der Waals surface area contributed by atoms with Crippen LogP contribution in [0.5, 0.6) is 0 Å². The van der Waals surface area contributed by atoms with Crippen LogP contribution in [-0.4, -0.2) is 39.5 Å². The second-order valence-electron chi connectivity index (χ2n) is 5.49. The third kappa shape index (κ3) is 2.14. The lowest BCUT2D eigenvalue weighted by atomic mass is 9.88. The maximum Gasteiger partial charge on any atom is 0.273 e. The lowest BCUT2D eigenvalue weighted by molar-refractivity contribution is -0.385. The van der Waals surface area contributed by atoms with Gasteiger partial charge in [0.15, 0.2) is 0 Å². The molecule has 0 aromatic heterocycles. The van der Waals surface area contributed by atoms with Gasteiger partial charge >= 0.3 is 0 Å². The SMILES string of the molecule is O=C(c1cc(F)cc([N+](=O)[O-])c1)N1CC(O)(C2CC2)C1. The zero-order chi connectivity index (χ0) is 14.5. The van der Waals surface area contributed by atoms with Gasteiger partial charge in [-0.05, 0) is 24.8 Å². The fourth-order valence-electron chi connectivity index (χ4n) is 2.62. The Morgan fingerprint density at radius 1 is 1.40 bits per heavy atom. The van der Waals surface area contributed by atoms with E-state index >= 15 is 0 Å². The summed E-state index contributed by atoms with van der Waals surface area (Å²) in [5, 5.41) is 20.8. The van der Waals surface area contributed by atoms with Gasteiger partial charge in [-0.1, -0.05) is 0 Å². The van der Waals surface area contributed by atoms with E-state index < -0.39 is 27.9 Å². The molecule has 7 heteroatoms. The Hall–Kier alpha value is -2.02. The van der Waals surface area contributed by atoms with Crippen LogP contribution < -0.4 is 0 Å². The van der Waals surface area contributed by atoms with E-state index in [4.69, 9.17) is 0 Å². The van der Waals surface area contributed by atoms with Crippen molar-refractivity contribution in [1.82, 2.24) is 4.90 Å². The normalized spacial score (nSPS) is 20.4. The number of β-amino-alcohol motifs (C(OH)–C–C–N with tert-alkyl or cyclic N) is 1. The third-order valence-electron chi connectivity index (χ3n) is 3.89. The van der Waals surface area contributed by atoms with Crippen LogP contribution in [0.2, 0.25) is 0 Å². The molecular formula is C13H13FN2O4. The number of benzene rings is 1. The van der Waals surface area contributed by atoms with Crippen molar-refractivity contribution in [3.8, 4) is 0 Å². The highest BCUT2D eigenvalue weighted by atomic mass is 19.1. The molecule has 3 rings (SSSR count). The van der Waals surface area contributed by atoms with Crippen LogP contribution in [0.1, 0.15) is 23.2 Å². The van der Waals surface area contributed by atoms with E-state index in [9.17, 15) is 24.4 Å². The predicted octanol–water partition coefficient (Wildman–Crippen LogP) is 1.33. The molecule has 20 heavy (non-hydrogen) atoms. The molecule has 0 atom stereocenters. The monoisotopic (exact) mass is 280 g/mol. The van der Waals surface area contributed by atoms with Crippen molar-refractivity contribution in [2.75, 3.05) is 13.1 Å². The molecule has 106 valence electrons. The summed E-state index contributed by atoms with van der Waals surface area (Å²) in [5.41, 5.74) is -1.34. The Balaban J connectivity index is 1.76. The fourth-order valence-corrected chi connectivity index (χ4v) is 2.62. The zero-order valence-electron chi connectivity index (χ0n) is 10.6. The van der Waals surface area contributed by atoms with Gasteiger partial charge in [-0.15, -0.1) is 0 Å². The fraction of sp³-hybridized carbons (Fsp3) is 0.462. The molecule has 1 heterocycles. The van der Waals surface area contributed by atoms with Crippen molar-refractivity contribution < 1.29 is 19.2 Å². The van der Waals surface area contributed by atoms with Gasteiger partial charge in [0.25, 0.3) is 11.6 Å². The van der Waals surface area contributed by atoms with Crippen molar-refractivity contribution in [2.45, 2.75) is 18.4 Å². The minimum Gasteiger partial charge on any atom is -0.386 e. The van der Waals surface area contributed by atoms with Crippen LogP contribution in [0.3, 0.4) is 0 Å². The molecule has 1 amide bonds. The third-order valence-corrected chi connectivity index (χ3v) is 3.89. The van der Waals surface area contributed by atoms with Gasteiger partial charge in [0, 0.05) is 11.6 Å². The summed E-state index contributed by atoms with van der Waals surface area (Å²) in [6.45, 7) is 0.418. The Labute approximate surface area is 114 Å². The number of carbonyl (C=O) groups excluding carboxylic acids is 1. The molecule has 0 radical (unpaired) electrons. The van der Waals surface area contributed by atoms with Crippen LogP contribution in [0.4, 0.5) is 10.1 Å². The van der Waals surface area contributed by atoms with Gasteiger partial charge in [-0.25, -0.2) is 4.39 Å².